The zero-order chi connectivity index (χ0) is 11.2. The topological polar surface area (TPSA) is 52.3 Å². The molecular formula is C8H12F3NO2. The van der Waals surface area contributed by atoms with E-state index < -0.39 is 18.2 Å². The molecule has 0 aromatic heterocycles. The highest BCUT2D eigenvalue weighted by Gasteiger charge is 2.35. The van der Waals surface area contributed by atoms with Crippen molar-refractivity contribution >= 4 is 6.09 Å². The number of nitrogens with two attached hydrogens (primary N) is 1. The third kappa shape index (κ3) is 5.45. The van der Waals surface area contributed by atoms with Gasteiger partial charge in [-0.2, -0.15) is 13.2 Å². The predicted octanol–water partition coefficient (Wildman–Crippen LogP) is 2.23. The van der Waals surface area contributed by atoms with Crippen molar-refractivity contribution in [3.05, 3.63) is 12.2 Å². The summed E-state index contributed by atoms with van der Waals surface area (Å²) in [5.74, 6) is -1.50. The summed E-state index contributed by atoms with van der Waals surface area (Å²) in [7, 11) is 0. The Morgan fingerprint density at radius 2 is 2.14 bits per heavy atom. The van der Waals surface area contributed by atoms with E-state index in [1.165, 1.54) is 6.92 Å². The Morgan fingerprint density at radius 1 is 1.57 bits per heavy atom. The molecule has 14 heavy (non-hydrogen) atoms. The smallest absolute Gasteiger partial charge is 0.404 e. The van der Waals surface area contributed by atoms with E-state index in [0.717, 1.165) is 12.2 Å². The summed E-state index contributed by atoms with van der Waals surface area (Å²) >= 11 is 0. The van der Waals surface area contributed by atoms with E-state index in [1.807, 2.05) is 0 Å². The molecule has 1 atom stereocenters. The minimum absolute atomic E-state index is 0.0451. The first-order chi connectivity index (χ1) is 6.38. The minimum atomic E-state index is -4.25. The first kappa shape index (κ1) is 12.8. The molecular weight excluding hydrogens is 199 g/mol. The average molecular weight is 211 g/mol. The van der Waals surface area contributed by atoms with Crippen LogP contribution in [0.25, 0.3) is 0 Å². The van der Waals surface area contributed by atoms with Crippen LogP contribution in [0.4, 0.5) is 18.0 Å². The van der Waals surface area contributed by atoms with Gasteiger partial charge in [0, 0.05) is 0 Å². The number of rotatable bonds is 4. The van der Waals surface area contributed by atoms with Crippen LogP contribution in [0, 0.1) is 5.92 Å². The lowest BCUT2D eigenvalue weighted by atomic mass is 10.1. The number of ether oxygens (including phenoxy) is 1. The largest absolute Gasteiger partial charge is 0.445 e. The summed E-state index contributed by atoms with van der Waals surface area (Å²) in [4.78, 5) is 10.1. The number of allylic oxidation sites excluding steroid dienone is 1. The number of carbonyl (C=O) groups is 1. The van der Waals surface area contributed by atoms with Crippen molar-refractivity contribution in [3.8, 4) is 0 Å². The zero-order valence-electron chi connectivity index (χ0n) is 7.67. The lowest BCUT2D eigenvalue weighted by Crippen LogP contribution is -2.20. The molecule has 2 N–H and O–H groups in total. The first-order valence-electron chi connectivity index (χ1n) is 4.03. The van der Waals surface area contributed by atoms with Gasteiger partial charge in [0.1, 0.15) is 6.61 Å². The van der Waals surface area contributed by atoms with Crippen molar-refractivity contribution in [1.29, 1.82) is 0 Å². The number of hydrogen-bond acceptors (Lipinski definition) is 2. The van der Waals surface area contributed by atoms with Gasteiger partial charge in [-0.05, 0) is 6.42 Å². The van der Waals surface area contributed by atoms with Gasteiger partial charge in [-0.15, -0.1) is 0 Å². The molecule has 0 aromatic rings. The van der Waals surface area contributed by atoms with Crippen LogP contribution in [0.3, 0.4) is 0 Å². The predicted molar refractivity (Wildman–Crippen MR) is 44.5 cm³/mol. The van der Waals surface area contributed by atoms with Gasteiger partial charge >= 0.3 is 12.3 Å². The standard InChI is InChI=1S/C8H12F3NO2/c1-2-6(8(9,10)11)4-3-5-14-7(12)13/h3-4,6H,2,5H2,1H3,(H2,12,13). The SMILES string of the molecule is CCC(C=CCOC(N)=O)C(F)(F)F. The number of hydrogen-bond donors (Lipinski definition) is 1. The van der Waals surface area contributed by atoms with Crippen molar-refractivity contribution in [2.75, 3.05) is 6.61 Å². The molecule has 0 aliphatic heterocycles. The molecule has 0 fully saturated rings. The summed E-state index contributed by atoms with van der Waals surface area (Å²) in [6, 6.07) is 0. The number of halogens is 3. The lowest BCUT2D eigenvalue weighted by molar-refractivity contribution is -0.161. The van der Waals surface area contributed by atoms with Gasteiger partial charge in [-0.25, -0.2) is 4.79 Å². The van der Waals surface area contributed by atoms with E-state index in [1.54, 1.807) is 0 Å². The highest BCUT2D eigenvalue weighted by Crippen LogP contribution is 2.29. The highest BCUT2D eigenvalue weighted by atomic mass is 19.4. The van der Waals surface area contributed by atoms with Crippen LogP contribution in [0.2, 0.25) is 0 Å². The van der Waals surface area contributed by atoms with Gasteiger partial charge in [0.2, 0.25) is 0 Å². The van der Waals surface area contributed by atoms with E-state index in [-0.39, 0.29) is 13.0 Å². The van der Waals surface area contributed by atoms with E-state index in [0.29, 0.717) is 0 Å². The minimum Gasteiger partial charge on any atom is -0.445 e. The third-order valence-electron chi connectivity index (χ3n) is 1.55. The van der Waals surface area contributed by atoms with Crippen molar-refractivity contribution in [1.82, 2.24) is 0 Å². The molecule has 1 unspecified atom stereocenters. The monoisotopic (exact) mass is 211 g/mol. The van der Waals surface area contributed by atoms with Crippen LogP contribution in [-0.2, 0) is 4.74 Å². The van der Waals surface area contributed by atoms with Gasteiger partial charge in [0.25, 0.3) is 0 Å². The molecule has 3 nitrogen and oxygen atoms in total. The molecule has 0 saturated heterocycles. The second kappa shape index (κ2) is 5.51. The van der Waals surface area contributed by atoms with E-state index in [2.05, 4.69) is 10.5 Å². The van der Waals surface area contributed by atoms with Crippen molar-refractivity contribution in [3.63, 3.8) is 0 Å². The molecule has 0 heterocycles. The molecule has 82 valence electrons. The van der Waals surface area contributed by atoms with E-state index >= 15 is 0 Å². The van der Waals surface area contributed by atoms with Gasteiger partial charge in [0.05, 0.1) is 5.92 Å². The Bertz CT molecular complexity index is 213. The Kier molecular flexibility index (Phi) is 5.04. The third-order valence-corrected chi connectivity index (χ3v) is 1.55. The summed E-state index contributed by atoms with van der Waals surface area (Å²) in [5, 5.41) is 0. The summed E-state index contributed by atoms with van der Waals surface area (Å²) in [5.41, 5.74) is 4.61. The normalized spacial score (nSPS) is 14.3. The second-order valence-corrected chi connectivity index (χ2v) is 2.61. The van der Waals surface area contributed by atoms with Gasteiger partial charge in [-0.3, -0.25) is 0 Å². The summed E-state index contributed by atoms with van der Waals surface area (Å²) in [6.07, 6.45) is -3.21. The fourth-order valence-electron chi connectivity index (χ4n) is 0.827. The number of alkyl halides is 3. The van der Waals surface area contributed by atoms with Crippen molar-refractivity contribution in [2.45, 2.75) is 19.5 Å². The van der Waals surface area contributed by atoms with Crippen LogP contribution in [0.5, 0.6) is 0 Å². The fraction of sp³-hybridized carbons (Fsp3) is 0.625. The quantitative estimate of drug-likeness (QED) is 0.725. The molecule has 0 bridgehead atoms. The Morgan fingerprint density at radius 3 is 2.50 bits per heavy atom. The second-order valence-electron chi connectivity index (χ2n) is 2.61. The Hall–Kier alpha value is -1.20. The van der Waals surface area contributed by atoms with Crippen LogP contribution in [0.1, 0.15) is 13.3 Å². The summed E-state index contributed by atoms with van der Waals surface area (Å²) < 4.78 is 40.6. The van der Waals surface area contributed by atoms with E-state index in [4.69, 9.17) is 0 Å². The molecule has 0 saturated carbocycles. The number of amides is 1. The Labute approximate surface area is 79.7 Å². The maximum absolute atomic E-state index is 12.1. The highest BCUT2D eigenvalue weighted by molar-refractivity contribution is 5.64. The molecule has 6 heteroatoms. The summed E-state index contributed by atoms with van der Waals surface area (Å²) in [6.45, 7) is 1.19. The molecule has 0 spiro atoms. The van der Waals surface area contributed by atoms with Crippen LogP contribution < -0.4 is 5.73 Å². The number of primary amides is 1. The maximum Gasteiger partial charge on any atom is 0.404 e. The molecule has 0 aliphatic carbocycles. The molecule has 0 rings (SSSR count). The van der Waals surface area contributed by atoms with Crippen LogP contribution in [-0.4, -0.2) is 18.9 Å². The molecule has 0 radical (unpaired) electrons. The first-order valence-corrected chi connectivity index (χ1v) is 4.03. The maximum atomic E-state index is 12.1. The van der Waals surface area contributed by atoms with Crippen molar-refractivity contribution in [2.24, 2.45) is 11.7 Å². The Balaban J connectivity index is 4.00. The van der Waals surface area contributed by atoms with Crippen LogP contribution in [0.15, 0.2) is 12.2 Å². The molecule has 1 amide bonds. The van der Waals surface area contributed by atoms with E-state index in [9.17, 15) is 18.0 Å². The molecule has 0 aromatic carbocycles. The fourth-order valence-corrected chi connectivity index (χ4v) is 0.827. The molecule has 0 aliphatic rings. The van der Waals surface area contributed by atoms with Gasteiger partial charge < -0.3 is 10.5 Å². The van der Waals surface area contributed by atoms with Gasteiger partial charge in [-0.1, -0.05) is 19.1 Å². The zero-order valence-corrected chi connectivity index (χ0v) is 7.67. The van der Waals surface area contributed by atoms with Crippen LogP contribution >= 0.6 is 0 Å². The average Bonchev–Trinajstić information content (AvgIpc) is 2.01. The van der Waals surface area contributed by atoms with Crippen molar-refractivity contribution < 1.29 is 22.7 Å². The lowest BCUT2D eigenvalue weighted by Gasteiger charge is -2.13. The number of carbonyl (C=O) groups excluding carboxylic acids is 1. The van der Waals surface area contributed by atoms with Gasteiger partial charge in [0.15, 0.2) is 0 Å².